The lowest BCUT2D eigenvalue weighted by Crippen LogP contribution is -2.44. The summed E-state index contributed by atoms with van der Waals surface area (Å²) in [6.07, 6.45) is 8.21. The van der Waals surface area contributed by atoms with Crippen LogP contribution in [0.1, 0.15) is 38.5 Å². The first-order valence-electron chi connectivity index (χ1n) is 9.31. The monoisotopic (exact) mass is 348 g/mol. The zero-order valence-corrected chi connectivity index (χ0v) is 14.9. The number of hydrogen-bond acceptors (Lipinski definition) is 5. The van der Waals surface area contributed by atoms with Crippen molar-refractivity contribution in [2.45, 2.75) is 44.6 Å². The van der Waals surface area contributed by atoms with Gasteiger partial charge in [-0.1, -0.05) is 19.3 Å². The number of amides is 1. The largest absolute Gasteiger partial charge is 0.374 e. The maximum atomic E-state index is 12.2. The molecule has 1 aliphatic heterocycles. The van der Waals surface area contributed by atoms with Crippen LogP contribution in [0, 0.1) is 5.92 Å². The quantitative estimate of drug-likeness (QED) is 0.861. The predicted octanol–water partition coefficient (Wildman–Crippen LogP) is 1.07. The number of ether oxygens (including phenoxy) is 1. The zero-order chi connectivity index (χ0) is 17.6. The smallest absolute Gasteiger partial charge is 0.268 e. The maximum absolute atomic E-state index is 12.2. The minimum Gasteiger partial charge on any atom is -0.374 e. The summed E-state index contributed by atoms with van der Waals surface area (Å²) in [5.74, 6) is 0.396. The van der Waals surface area contributed by atoms with Gasteiger partial charge in [0.05, 0.1) is 24.6 Å². The van der Waals surface area contributed by atoms with Gasteiger partial charge < -0.3 is 15.0 Å². The van der Waals surface area contributed by atoms with Crippen molar-refractivity contribution in [1.82, 2.24) is 15.1 Å². The van der Waals surface area contributed by atoms with Gasteiger partial charge in [0.15, 0.2) is 0 Å². The van der Waals surface area contributed by atoms with Gasteiger partial charge >= 0.3 is 0 Å². The topological polar surface area (TPSA) is 76.5 Å². The van der Waals surface area contributed by atoms with Gasteiger partial charge in [-0.15, -0.1) is 0 Å². The normalized spacial score (nSPS) is 22.0. The standard InChI is InChI=1S/C18H28N4O3/c1-21-17(23)11-15(12-20-21)22-9-10-25-16(13-22)7-8-19-18(24)14-5-3-2-4-6-14/h11-12,14,16H,2-10,13H2,1H3,(H,19,24)/t16-/m1/s1. The van der Waals surface area contributed by atoms with Crippen LogP contribution < -0.4 is 15.8 Å². The predicted molar refractivity (Wildman–Crippen MR) is 95.6 cm³/mol. The molecule has 0 unspecified atom stereocenters. The zero-order valence-electron chi connectivity index (χ0n) is 14.9. The SMILES string of the molecule is Cn1ncc(N2CCO[C@H](CCNC(=O)C3CCCCC3)C2)cc1=O. The summed E-state index contributed by atoms with van der Waals surface area (Å²) >= 11 is 0. The fourth-order valence-electron chi connectivity index (χ4n) is 3.63. The molecular weight excluding hydrogens is 320 g/mol. The summed E-state index contributed by atoms with van der Waals surface area (Å²) in [7, 11) is 1.64. The molecule has 1 N–H and O–H groups in total. The highest BCUT2D eigenvalue weighted by Gasteiger charge is 2.23. The molecule has 0 radical (unpaired) electrons. The fourth-order valence-corrected chi connectivity index (χ4v) is 3.63. The van der Waals surface area contributed by atoms with Crippen LogP contribution in [0.3, 0.4) is 0 Å². The minimum atomic E-state index is -0.111. The van der Waals surface area contributed by atoms with E-state index in [-0.39, 0.29) is 23.5 Å². The summed E-state index contributed by atoms with van der Waals surface area (Å²) in [4.78, 5) is 26.1. The number of aromatic nitrogens is 2. The van der Waals surface area contributed by atoms with Gasteiger partial charge in [0.25, 0.3) is 5.56 Å². The molecule has 0 spiro atoms. The summed E-state index contributed by atoms with van der Waals surface area (Å²) in [5.41, 5.74) is 0.725. The first kappa shape index (κ1) is 17.9. The highest BCUT2D eigenvalue weighted by Crippen LogP contribution is 2.23. The number of carbonyl (C=O) groups excluding carboxylic acids is 1. The molecule has 7 heteroatoms. The van der Waals surface area contributed by atoms with Crippen molar-refractivity contribution in [2.75, 3.05) is 31.1 Å². The highest BCUT2D eigenvalue weighted by atomic mass is 16.5. The lowest BCUT2D eigenvalue weighted by molar-refractivity contribution is -0.126. The molecule has 25 heavy (non-hydrogen) atoms. The molecule has 2 aliphatic rings. The van der Waals surface area contributed by atoms with E-state index in [1.807, 2.05) is 0 Å². The van der Waals surface area contributed by atoms with Gasteiger partial charge in [0, 0.05) is 38.7 Å². The van der Waals surface area contributed by atoms with E-state index >= 15 is 0 Å². The Labute approximate surface area is 148 Å². The molecule has 3 rings (SSSR count). The highest BCUT2D eigenvalue weighted by molar-refractivity contribution is 5.78. The Morgan fingerprint density at radius 2 is 2.16 bits per heavy atom. The van der Waals surface area contributed by atoms with Crippen LogP contribution in [0.4, 0.5) is 5.69 Å². The number of anilines is 1. The summed E-state index contributed by atoms with van der Waals surface area (Å²) in [6.45, 7) is 2.73. The number of rotatable bonds is 5. The molecule has 1 aliphatic carbocycles. The molecule has 2 fully saturated rings. The van der Waals surface area contributed by atoms with Crippen molar-refractivity contribution < 1.29 is 9.53 Å². The minimum absolute atomic E-state index is 0.0597. The van der Waals surface area contributed by atoms with Gasteiger partial charge in [-0.05, 0) is 19.3 Å². The Morgan fingerprint density at radius 3 is 2.92 bits per heavy atom. The molecule has 1 saturated carbocycles. The van der Waals surface area contributed by atoms with Crippen LogP contribution in [-0.2, 0) is 16.6 Å². The first-order valence-corrected chi connectivity index (χ1v) is 9.31. The second-order valence-electron chi connectivity index (χ2n) is 7.03. The van der Waals surface area contributed by atoms with Gasteiger partial charge in [0.2, 0.25) is 5.91 Å². The van der Waals surface area contributed by atoms with E-state index in [1.165, 1.54) is 23.9 Å². The number of nitrogens with zero attached hydrogens (tertiary/aromatic N) is 3. The van der Waals surface area contributed by atoms with Crippen LogP contribution in [0.15, 0.2) is 17.1 Å². The molecule has 1 aromatic rings. The molecule has 0 aromatic carbocycles. The molecular formula is C18H28N4O3. The second kappa shape index (κ2) is 8.47. The van der Waals surface area contributed by atoms with Crippen LogP contribution >= 0.6 is 0 Å². The van der Waals surface area contributed by atoms with Gasteiger partial charge in [-0.25, -0.2) is 4.68 Å². The molecule has 7 nitrogen and oxygen atoms in total. The van der Waals surface area contributed by atoms with Crippen molar-refractivity contribution in [3.63, 3.8) is 0 Å². The van der Waals surface area contributed by atoms with E-state index in [9.17, 15) is 9.59 Å². The third kappa shape index (κ3) is 4.81. The molecule has 138 valence electrons. The first-order chi connectivity index (χ1) is 12.1. The Balaban J connectivity index is 1.46. The van der Waals surface area contributed by atoms with Crippen LogP contribution in [0.2, 0.25) is 0 Å². The van der Waals surface area contributed by atoms with Crippen molar-refractivity contribution in [1.29, 1.82) is 0 Å². The van der Waals surface area contributed by atoms with Crippen molar-refractivity contribution in [3.8, 4) is 0 Å². The van der Waals surface area contributed by atoms with E-state index in [2.05, 4.69) is 15.3 Å². The lowest BCUT2D eigenvalue weighted by Gasteiger charge is -2.34. The fraction of sp³-hybridized carbons (Fsp3) is 0.722. The number of nitrogens with one attached hydrogen (secondary N) is 1. The summed E-state index contributed by atoms with van der Waals surface area (Å²) in [5, 5.41) is 7.15. The Bertz CT molecular complexity index is 639. The summed E-state index contributed by atoms with van der Waals surface area (Å²) in [6, 6.07) is 1.61. The molecule has 1 amide bonds. The van der Waals surface area contributed by atoms with Crippen LogP contribution in [-0.4, -0.2) is 48.0 Å². The molecule has 1 aromatic heterocycles. The number of carbonyl (C=O) groups is 1. The van der Waals surface area contributed by atoms with E-state index in [0.29, 0.717) is 19.7 Å². The third-order valence-corrected chi connectivity index (χ3v) is 5.20. The lowest BCUT2D eigenvalue weighted by atomic mass is 9.88. The van der Waals surface area contributed by atoms with Crippen LogP contribution in [0.25, 0.3) is 0 Å². The van der Waals surface area contributed by atoms with Crippen molar-refractivity contribution in [3.05, 3.63) is 22.6 Å². The van der Waals surface area contributed by atoms with Crippen LogP contribution in [0.5, 0.6) is 0 Å². The van der Waals surface area contributed by atoms with E-state index in [4.69, 9.17) is 4.74 Å². The second-order valence-corrected chi connectivity index (χ2v) is 7.03. The summed E-state index contributed by atoms with van der Waals surface area (Å²) < 4.78 is 7.14. The number of aryl methyl sites for hydroxylation is 1. The molecule has 1 atom stereocenters. The van der Waals surface area contributed by atoms with Crippen molar-refractivity contribution in [2.24, 2.45) is 13.0 Å². The van der Waals surface area contributed by atoms with Gasteiger partial charge in [-0.3, -0.25) is 9.59 Å². The van der Waals surface area contributed by atoms with E-state index in [0.717, 1.165) is 31.5 Å². The molecule has 2 heterocycles. The average molecular weight is 348 g/mol. The molecule has 1 saturated heterocycles. The molecule has 0 bridgehead atoms. The van der Waals surface area contributed by atoms with Gasteiger partial charge in [0.1, 0.15) is 0 Å². The maximum Gasteiger partial charge on any atom is 0.268 e. The van der Waals surface area contributed by atoms with Crippen molar-refractivity contribution >= 4 is 11.6 Å². The van der Waals surface area contributed by atoms with E-state index in [1.54, 1.807) is 19.3 Å². The Kier molecular flexibility index (Phi) is 6.07. The average Bonchev–Trinajstić information content (AvgIpc) is 2.65. The third-order valence-electron chi connectivity index (χ3n) is 5.20. The van der Waals surface area contributed by atoms with Gasteiger partial charge in [-0.2, -0.15) is 5.10 Å². The number of hydrogen-bond donors (Lipinski definition) is 1. The Hall–Kier alpha value is -1.89. The van der Waals surface area contributed by atoms with E-state index < -0.39 is 0 Å². The Morgan fingerprint density at radius 1 is 1.36 bits per heavy atom. The number of morpholine rings is 1.